The van der Waals surface area contributed by atoms with E-state index in [-0.39, 0.29) is 15.7 Å². The van der Waals surface area contributed by atoms with Crippen molar-refractivity contribution in [3.8, 4) is 17.1 Å². The molecular formula is C21H18N4O5S2. The maximum absolute atomic E-state index is 12.5. The number of anilines is 2. The van der Waals surface area contributed by atoms with Gasteiger partial charge in [-0.2, -0.15) is 0 Å². The van der Waals surface area contributed by atoms with Crippen LogP contribution in [0.1, 0.15) is 17.4 Å². The summed E-state index contributed by atoms with van der Waals surface area (Å²) in [6.07, 6.45) is 1.51. The van der Waals surface area contributed by atoms with Gasteiger partial charge in [-0.05, 0) is 55.5 Å². The number of nitrogens with zero attached hydrogens (tertiary/aromatic N) is 2. The van der Waals surface area contributed by atoms with Gasteiger partial charge in [0, 0.05) is 28.9 Å². The molecule has 0 spiro atoms. The second-order valence-corrected chi connectivity index (χ2v) is 9.03. The Morgan fingerprint density at radius 1 is 1.12 bits per heavy atom. The SMILES string of the molecule is CCOc1ccc(-c2cc(C(=O)Nc3ccc(S(=O)(=O)Nc4nccs4)cc3)no2)cc1. The van der Waals surface area contributed by atoms with E-state index in [4.69, 9.17) is 9.26 Å². The van der Waals surface area contributed by atoms with Crippen LogP contribution in [0, 0.1) is 0 Å². The van der Waals surface area contributed by atoms with E-state index in [1.54, 1.807) is 17.5 Å². The summed E-state index contributed by atoms with van der Waals surface area (Å²) < 4.78 is 37.9. The van der Waals surface area contributed by atoms with Gasteiger partial charge in [0.05, 0.1) is 11.5 Å². The Kier molecular flexibility index (Phi) is 6.19. The van der Waals surface area contributed by atoms with Gasteiger partial charge in [0.1, 0.15) is 5.75 Å². The monoisotopic (exact) mass is 470 g/mol. The molecule has 2 aromatic heterocycles. The molecule has 0 radical (unpaired) electrons. The lowest BCUT2D eigenvalue weighted by Crippen LogP contribution is -2.14. The molecule has 11 heteroatoms. The molecular weight excluding hydrogens is 452 g/mol. The van der Waals surface area contributed by atoms with Crippen molar-refractivity contribution in [2.24, 2.45) is 0 Å². The van der Waals surface area contributed by atoms with Crippen LogP contribution in [0.3, 0.4) is 0 Å². The molecule has 0 atom stereocenters. The van der Waals surface area contributed by atoms with E-state index >= 15 is 0 Å². The first-order chi connectivity index (χ1) is 15.4. The number of aromatic nitrogens is 2. The Balaban J connectivity index is 1.42. The van der Waals surface area contributed by atoms with Crippen molar-refractivity contribution in [1.29, 1.82) is 0 Å². The lowest BCUT2D eigenvalue weighted by atomic mass is 10.1. The molecule has 2 aromatic carbocycles. The Bertz CT molecular complexity index is 1300. The largest absolute Gasteiger partial charge is 0.494 e. The topological polar surface area (TPSA) is 123 Å². The molecule has 0 aliphatic carbocycles. The first kappa shape index (κ1) is 21.5. The third kappa shape index (κ3) is 4.95. The molecule has 4 aromatic rings. The Hall–Kier alpha value is -3.70. The summed E-state index contributed by atoms with van der Waals surface area (Å²) in [5.41, 5.74) is 1.26. The zero-order valence-electron chi connectivity index (χ0n) is 16.8. The quantitative estimate of drug-likeness (QED) is 0.394. The zero-order chi connectivity index (χ0) is 22.6. The predicted molar refractivity (Wildman–Crippen MR) is 120 cm³/mol. The zero-order valence-corrected chi connectivity index (χ0v) is 18.4. The minimum absolute atomic E-state index is 0.0462. The van der Waals surface area contributed by atoms with Gasteiger partial charge in [0.15, 0.2) is 16.6 Å². The number of nitrogens with one attached hydrogen (secondary N) is 2. The first-order valence-electron chi connectivity index (χ1n) is 9.48. The number of amides is 1. The van der Waals surface area contributed by atoms with E-state index in [9.17, 15) is 13.2 Å². The average molecular weight is 471 g/mol. The molecule has 2 heterocycles. The van der Waals surface area contributed by atoms with Crippen LogP contribution in [0.15, 0.2) is 75.6 Å². The second kappa shape index (κ2) is 9.20. The van der Waals surface area contributed by atoms with Crippen LogP contribution in [0.4, 0.5) is 10.8 Å². The number of rotatable bonds is 8. The van der Waals surface area contributed by atoms with E-state index in [0.29, 0.717) is 18.1 Å². The fourth-order valence-corrected chi connectivity index (χ4v) is 4.55. The van der Waals surface area contributed by atoms with E-state index in [0.717, 1.165) is 11.3 Å². The predicted octanol–water partition coefficient (Wildman–Crippen LogP) is 4.25. The Morgan fingerprint density at radius 2 is 1.88 bits per heavy atom. The Labute approximate surface area is 188 Å². The van der Waals surface area contributed by atoms with Gasteiger partial charge in [-0.3, -0.25) is 9.52 Å². The lowest BCUT2D eigenvalue weighted by molar-refractivity contribution is 0.101. The van der Waals surface area contributed by atoms with Crippen molar-refractivity contribution in [1.82, 2.24) is 10.1 Å². The summed E-state index contributed by atoms with van der Waals surface area (Å²) in [4.78, 5) is 16.4. The number of hydrogen-bond donors (Lipinski definition) is 2. The number of benzene rings is 2. The highest BCUT2D eigenvalue weighted by Gasteiger charge is 2.17. The summed E-state index contributed by atoms with van der Waals surface area (Å²) in [5, 5.41) is 8.43. The van der Waals surface area contributed by atoms with Crippen LogP contribution < -0.4 is 14.8 Å². The van der Waals surface area contributed by atoms with Crippen molar-refractivity contribution in [3.63, 3.8) is 0 Å². The van der Waals surface area contributed by atoms with E-state index in [2.05, 4.69) is 20.2 Å². The number of ether oxygens (including phenoxy) is 1. The molecule has 2 N–H and O–H groups in total. The Morgan fingerprint density at radius 3 is 2.53 bits per heavy atom. The molecule has 0 bridgehead atoms. The molecule has 1 amide bonds. The molecule has 9 nitrogen and oxygen atoms in total. The maximum atomic E-state index is 12.5. The molecule has 164 valence electrons. The number of hydrogen-bond acceptors (Lipinski definition) is 8. The number of thiazole rings is 1. The van der Waals surface area contributed by atoms with Crippen LogP contribution >= 0.6 is 11.3 Å². The van der Waals surface area contributed by atoms with Gasteiger partial charge in [-0.15, -0.1) is 11.3 Å². The minimum atomic E-state index is -3.77. The van der Waals surface area contributed by atoms with E-state index in [1.807, 2.05) is 19.1 Å². The maximum Gasteiger partial charge on any atom is 0.277 e. The van der Waals surface area contributed by atoms with Crippen LogP contribution in [0.25, 0.3) is 11.3 Å². The number of carbonyl (C=O) groups is 1. The van der Waals surface area contributed by atoms with E-state index < -0.39 is 15.9 Å². The van der Waals surface area contributed by atoms with E-state index in [1.165, 1.54) is 47.9 Å². The highest BCUT2D eigenvalue weighted by atomic mass is 32.2. The molecule has 0 unspecified atom stereocenters. The lowest BCUT2D eigenvalue weighted by Gasteiger charge is -2.07. The smallest absolute Gasteiger partial charge is 0.277 e. The standard InChI is InChI=1S/C21H18N4O5S2/c1-2-29-16-7-3-14(4-8-16)19-13-18(24-30-19)20(26)23-15-5-9-17(10-6-15)32(27,28)25-21-22-11-12-31-21/h3-13H,2H2,1H3,(H,22,25)(H,23,26). The van der Waals surface area contributed by atoms with Crippen molar-refractivity contribution in [2.75, 3.05) is 16.6 Å². The molecule has 32 heavy (non-hydrogen) atoms. The highest BCUT2D eigenvalue weighted by Crippen LogP contribution is 2.24. The summed E-state index contributed by atoms with van der Waals surface area (Å²) in [5.74, 6) is 0.691. The fourth-order valence-electron chi connectivity index (χ4n) is 2.76. The van der Waals surface area contributed by atoms with Crippen LogP contribution in [0.5, 0.6) is 5.75 Å². The van der Waals surface area contributed by atoms with Crippen LogP contribution in [0.2, 0.25) is 0 Å². The van der Waals surface area contributed by atoms with Crippen molar-refractivity contribution in [3.05, 3.63) is 71.9 Å². The van der Waals surface area contributed by atoms with Crippen molar-refractivity contribution in [2.45, 2.75) is 11.8 Å². The molecule has 0 saturated carbocycles. The van der Waals surface area contributed by atoms with Crippen LogP contribution in [-0.2, 0) is 10.0 Å². The summed E-state index contributed by atoms with van der Waals surface area (Å²) in [7, 11) is -3.77. The van der Waals surface area contributed by atoms with Crippen molar-refractivity contribution < 1.29 is 22.5 Å². The summed E-state index contributed by atoms with van der Waals surface area (Å²) in [6, 6.07) is 14.5. The molecule has 0 aliphatic rings. The summed E-state index contributed by atoms with van der Waals surface area (Å²) >= 11 is 1.18. The third-order valence-electron chi connectivity index (χ3n) is 4.27. The molecule has 0 aliphatic heterocycles. The number of sulfonamides is 1. The first-order valence-corrected chi connectivity index (χ1v) is 11.8. The van der Waals surface area contributed by atoms with Crippen molar-refractivity contribution >= 4 is 38.1 Å². The van der Waals surface area contributed by atoms with Gasteiger partial charge >= 0.3 is 0 Å². The van der Waals surface area contributed by atoms with Gasteiger partial charge in [-0.25, -0.2) is 13.4 Å². The van der Waals surface area contributed by atoms with Gasteiger partial charge in [0.2, 0.25) is 0 Å². The van der Waals surface area contributed by atoms with Gasteiger partial charge in [-0.1, -0.05) is 5.16 Å². The van der Waals surface area contributed by atoms with Gasteiger partial charge < -0.3 is 14.6 Å². The molecule has 4 rings (SSSR count). The summed E-state index contributed by atoms with van der Waals surface area (Å²) in [6.45, 7) is 2.47. The average Bonchev–Trinajstić information content (AvgIpc) is 3.47. The molecule has 0 fully saturated rings. The molecule has 0 saturated heterocycles. The fraction of sp³-hybridized carbons (Fsp3) is 0.0952. The van der Waals surface area contributed by atoms with Crippen LogP contribution in [-0.4, -0.2) is 31.1 Å². The second-order valence-electron chi connectivity index (χ2n) is 6.46. The highest BCUT2D eigenvalue weighted by molar-refractivity contribution is 7.93. The third-order valence-corrected chi connectivity index (χ3v) is 6.44. The normalized spacial score (nSPS) is 11.2. The van der Waals surface area contributed by atoms with Gasteiger partial charge in [0.25, 0.3) is 15.9 Å². The minimum Gasteiger partial charge on any atom is -0.494 e. The number of carbonyl (C=O) groups excluding carboxylic acids is 1.